The number of methoxy groups -OCH3 is 1. The molecular formula is C24H41F3O7SSi. The summed E-state index contributed by atoms with van der Waals surface area (Å²) < 4.78 is 75.4. The summed E-state index contributed by atoms with van der Waals surface area (Å²) in [5, 5.41) is -0.0601. The summed E-state index contributed by atoms with van der Waals surface area (Å²) in [4.78, 5) is 22.5. The molecule has 0 saturated heterocycles. The molecule has 0 radical (unpaired) electrons. The van der Waals surface area contributed by atoms with Gasteiger partial charge in [0.25, 0.3) is 0 Å². The van der Waals surface area contributed by atoms with Gasteiger partial charge in [0.1, 0.15) is 17.5 Å². The normalized spacial score (nSPS) is 22.2. The molecule has 0 spiro atoms. The van der Waals surface area contributed by atoms with E-state index in [-0.39, 0.29) is 41.0 Å². The lowest BCUT2D eigenvalue weighted by atomic mass is 9.82. The Hall–Kier alpha value is -1.40. The third-order valence-electron chi connectivity index (χ3n) is 7.56. The molecule has 0 aromatic heterocycles. The maximum Gasteiger partial charge on any atom is 0.534 e. The molecule has 1 unspecified atom stereocenters. The zero-order valence-corrected chi connectivity index (χ0v) is 24.8. The maximum atomic E-state index is 12.6. The minimum Gasteiger partial charge on any atom is -0.468 e. The van der Waals surface area contributed by atoms with Crippen molar-refractivity contribution in [2.24, 2.45) is 16.7 Å². The van der Waals surface area contributed by atoms with Crippen LogP contribution in [-0.2, 0) is 33.1 Å². The van der Waals surface area contributed by atoms with E-state index in [1.54, 1.807) is 0 Å². The predicted octanol–water partition coefficient (Wildman–Crippen LogP) is 6.11. The highest BCUT2D eigenvalue weighted by Gasteiger charge is 2.50. The summed E-state index contributed by atoms with van der Waals surface area (Å²) in [7, 11) is -6.45. The Kier molecular flexibility index (Phi) is 9.75. The molecule has 1 saturated carbocycles. The van der Waals surface area contributed by atoms with Crippen LogP contribution in [-0.4, -0.2) is 47.7 Å². The number of allylic oxidation sites excluding steroid dienone is 1. The Morgan fingerprint density at radius 1 is 1.06 bits per heavy atom. The van der Waals surface area contributed by atoms with Gasteiger partial charge in [-0.2, -0.15) is 21.6 Å². The average molecular weight is 559 g/mol. The van der Waals surface area contributed by atoms with Gasteiger partial charge in [-0.15, -0.1) is 0 Å². The summed E-state index contributed by atoms with van der Waals surface area (Å²) >= 11 is 0. The first kappa shape index (κ1) is 32.6. The third kappa shape index (κ3) is 7.56. The van der Waals surface area contributed by atoms with Crippen LogP contribution in [0.2, 0.25) is 18.1 Å². The van der Waals surface area contributed by atoms with E-state index < -0.39 is 35.3 Å². The largest absolute Gasteiger partial charge is 0.534 e. The molecule has 2 aliphatic rings. The molecule has 0 aliphatic heterocycles. The van der Waals surface area contributed by atoms with Crippen molar-refractivity contribution in [1.82, 2.24) is 0 Å². The lowest BCUT2D eigenvalue weighted by molar-refractivity contribution is -0.151. The molecule has 7 nitrogen and oxygen atoms in total. The van der Waals surface area contributed by atoms with Gasteiger partial charge in [-0.05, 0) is 47.4 Å². The number of halogens is 3. The van der Waals surface area contributed by atoms with Crippen molar-refractivity contribution in [3.8, 4) is 0 Å². The fraction of sp³-hybridized carbons (Fsp3) is 0.833. The van der Waals surface area contributed by atoms with E-state index in [1.165, 1.54) is 7.11 Å². The zero-order chi connectivity index (χ0) is 28.5. The van der Waals surface area contributed by atoms with Gasteiger partial charge in [0.05, 0.1) is 13.7 Å². The molecule has 0 aromatic carbocycles. The van der Waals surface area contributed by atoms with Gasteiger partial charge in [0, 0.05) is 12.8 Å². The van der Waals surface area contributed by atoms with Crippen LogP contribution in [0.3, 0.4) is 0 Å². The van der Waals surface area contributed by atoms with E-state index in [9.17, 15) is 31.2 Å². The standard InChI is InChI=1S/C15H27F3O4SSi.C9H14O3/c1-13(2,3)24(6,7)21-10-11-12(8-9-14(11,4)5)22-23(19,20)15(16,17)18;1-9(2)5-4-6(10)7(9)8(11)12-3/h8-10H2,1-7H3;7H,4-5H2,1-3H3. The van der Waals surface area contributed by atoms with Crippen LogP contribution >= 0.6 is 0 Å². The topological polar surface area (TPSA) is 96.0 Å². The van der Waals surface area contributed by atoms with Crippen LogP contribution in [0.4, 0.5) is 13.2 Å². The monoisotopic (exact) mass is 558 g/mol. The second-order valence-corrected chi connectivity index (χ2v) is 18.6. The fourth-order valence-electron chi connectivity index (χ4n) is 3.86. The molecule has 12 heteroatoms. The highest BCUT2D eigenvalue weighted by atomic mass is 32.2. The molecule has 2 rings (SSSR count). The number of alkyl halides is 3. The molecule has 1 atom stereocenters. The van der Waals surface area contributed by atoms with Crippen molar-refractivity contribution in [3.05, 3.63) is 11.3 Å². The number of esters is 1. The van der Waals surface area contributed by atoms with Crippen molar-refractivity contribution in [1.29, 1.82) is 0 Å². The van der Waals surface area contributed by atoms with Gasteiger partial charge in [-0.25, -0.2) is 0 Å². The van der Waals surface area contributed by atoms with E-state index in [4.69, 9.17) is 4.43 Å². The van der Waals surface area contributed by atoms with E-state index in [0.29, 0.717) is 18.4 Å². The lowest BCUT2D eigenvalue weighted by Crippen LogP contribution is -2.41. The van der Waals surface area contributed by atoms with Gasteiger partial charge >= 0.3 is 21.6 Å². The predicted molar refractivity (Wildman–Crippen MR) is 133 cm³/mol. The number of rotatable bonds is 6. The molecule has 0 amide bonds. The smallest absolute Gasteiger partial charge is 0.468 e. The quantitative estimate of drug-likeness (QED) is 0.128. The Morgan fingerprint density at radius 3 is 1.97 bits per heavy atom. The molecule has 36 heavy (non-hydrogen) atoms. The van der Waals surface area contributed by atoms with E-state index in [1.807, 2.05) is 40.8 Å². The highest BCUT2D eigenvalue weighted by Crippen LogP contribution is 2.46. The van der Waals surface area contributed by atoms with Crippen LogP contribution in [0, 0.1) is 16.7 Å². The van der Waals surface area contributed by atoms with E-state index in [2.05, 4.69) is 29.7 Å². The number of ether oxygens (including phenoxy) is 1. The maximum absolute atomic E-state index is 12.6. The lowest BCUT2D eigenvalue weighted by Gasteiger charge is -2.37. The molecule has 0 aromatic rings. The van der Waals surface area contributed by atoms with Gasteiger partial charge in [-0.3, -0.25) is 9.59 Å². The molecule has 210 valence electrons. The Balaban J connectivity index is 0.000000450. The van der Waals surface area contributed by atoms with Crippen LogP contribution in [0.15, 0.2) is 11.3 Å². The number of hydrogen-bond acceptors (Lipinski definition) is 7. The first-order valence-corrected chi connectivity index (χ1v) is 16.2. The Bertz CT molecular complexity index is 975. The molecule has 0 bridgehead atoms. The molecule has 2 aliphatic carbocycles. The fourth-order valence-corrected chi connectivity index (χ4v) is 5.34. The summed E-state index contributed by atoms with van der Waals surface area (Å²) in [6.45, 7) is 17.9. The number of hydrogen-bond donors (Lipinski definition) is 0. The van der Waals surface area contributed by atoms with Crippen LogP contribution in [0.1, 0.15) is 74.1 Å². The van der Waals surface area contributed by atoms with Gasteiger partial charge in [0.2, 0.25) is 0 Å². The van der Waals surface area contributed by atoms with Crippen LogP contribution in [0.5, 0.6) is 0 Å². The minimum absolute atomic E-state index is 0.0202. The average Bonchev–Trinajstić information content (AvgIpc) is 3.11. The number of Topliss-reactive ketones (excluding diaryl/α,β-unsaturated/α-hetero) is 1. The minimum atomic E-state index is -5.65. The summed E-state index contributed by atoms with van der Waals surface area (Å²) in [6, 6.07) is 0. The zero-order valence-electron chi connectivity index (χ0n) is 23.0. The van der Waals surface area contributed by atoms with E-state index in [0.717, 1.165) is 6.42 Å². The number of carbonyl (C=O) groups excluding carboxylic acids is 2. The van der Waals surface area contributed by atoms with Gasteiger partial charge < -0.3 is 13.3 Å². The molecule has 0 N–H and O–H groups in total. The molecule has 0 heterocycles. The van der Waals surface area contributed by atoms with Crippen molar-refractivity contribution in [2.75, 3.05) is 13.7 Å². The SMILES string of the molecule is CC1(C)CCC(OS(=O)(=O)C(F)(F)F)=C1CO[Si](C)(C)C(C)(C)C.COC(=O)C1C(=O)CCC1(C)C. The van der Waals surface area contributed by atoms with Crippen LogP contribution < -0.4 is 0 Å². The van der Waals surface area contributed by atoms with Gasteiger partial charge in [0.15, 0.2) is 8.32 Å². The highest BCUT2D eigenvalue weighted by molar-refractivity contribution is 7.87. The Morgan fingerprint density at radius 2 is 1.58 bits per heavy atom. The summed E-state index contributed by atoms with van der Waals surface area (Å²) in [6.07, 6.45) is 1.96. The number of carbonyl (C=O) groups is 2. The van der Waals surface area contributed by atoms with Crippen molar-refractivity contribution >= 4 is 30.2 Å². The van der Waals surface area contributed by atoms with Crippen LogP contribution in [0.25, 0.3) is 0 Å². The molecular weight excluding hydrogens is 517 g/mol. The van der Waals surface area contributed by atoms with E-state index >= 15 is 0 Å². The first-order valence-electron chi connectivity index (χ1n) is 11.9. The van der Waals surface area contributed by atoms with Crippen molar-refractivity contribution in [3.63, 3.8) is 0 Å². The Labute approximate surface area is 214 Å². The van der Waals surface area contributed by atoms with Crippen molar-refractivity contribution in [2.45, 2.75) is 97.8 Å². The second kappa shape index (κ2) is 10.8. The second-order valence-electron chi connectivity index (χ2n) is 12.2. The van der Waals surface area contributed by atoms with Gasteiger partial charge in [-0.1, -0.05) is 48.5 Å². The summed E-state index contributed by atoms with van der Waals surface area (Å²) in [5.41, 5.74) is -5.61. The van der Waals surface area contributed by atoms with Crippen molar-refractivity contribution < 1.29 is 44.5 Å². The summed E-state index contributed by atoms with van der Waals surface area (Å²) in [5.74, 6) is -1.03. The third-order valence-corrected chi connectivity index (χ3v) is 13.0. The number of ketones is 1. The molecule has 1 fully saturated rings. The first-order chi connectivity index (χ1) is 15.9.